The summed E-state index contributed by atoms with van der Waals surface area (Å²) in [4.78, 5) is 21.9. The summed E-state index contributed by atoms with van der Waals surface area (Å²) in [7, 11) is 0. The van der Waals surface area contributed by atoms with Gasteiger partial charge in [-0.2, -0.15) is 0 Å². The summed E-state index contributed by atoms with van der Waals surface area (Å²) >= 11 is 2.83. The van der Waals surface area contributed by atoms with Crippen molar-refractivity contribution in [3.8, 4) is 0 Å². The molecule has 102 valence electrons. The van der Waals surface area contributed by atoms with Crippen LogP contribution in [0.5, 0.6) is 0 Å². The third kappa shape index (κ3) is 3.30. The number of aryl methyl sites for hydroxylation is 1. The molecule has 0 saturated carbocycles. The maximum absolute atomic E-state index is 11.9. The highest BCUT2D eigenvalue weighted by Crippen LogP contribution is 2.24. The van der Waals surface area contributed by atoms with E-state index in [0.29, 0.717) is 22.5 Å². The van der Waals surface area contributed by atoms with Crippen molar-refractivity contribution in [3.05, 3.63) is 26.7 Å². The summed E-state index contributed by atoms with van der Waals surface area (Å²) in [6, 6.07) is 0. The molecule has 2 rings (SSSR count). The summed E-state index contributed by atoms with van der Waals surface area (Å²) in [5, 5.41) is 4.37. The number of nitrogens with two attached hydrogens (primary N) is 1. The monoisotopic (exact) mass is 296 g/mol. The molecule has 1 amide bonds. The van der Waals surface area contributed by atoms with Crippen LogP contribution in [-0.2, 0) is 6.54 Å². The number of nitrogens with one attached hydrogen (secondary N) is 1. The van der Waals surface area contributed by atoms with Gasteiger partial charge in [-0.3, -0.25) is 4.79 Å². The lowest BCUT2D eigenvalue weighted by Gasteiger charge is -2.01. The van der Waals surface area contributed by atoms with Crippen molar-refractivity contribution in [2.45, 2.75) is 33.2 Å². The van der Waals surface area contributed by atoms with E-state index in [9.17, 15) is 4.79 Å². The van der Waals surface area contributed by atoms with Gasteiger partial charge in [-0.15, -0.1) is 11.3 Å². The topological polar surface area (TPSA) is 80.9 Å². The molecule has 0 atom stereocenters. The van der Waals surface area contributed by atoms with Crippen LogP contribution in [0.4, 0.5) is 5.13 Å². The van der Waals surface area contributed by atoms with E-state index in [0.717, 1.165) is 15.6 Å². The number of nitrogen functional groups attached to an aromatic ring is 1. The van der Waals surface area contributed by atoms with Gasteiger partial charge in [-0.1, -0.05) is 25.2 Å². The first kappa shape index (κ1) is 14.0. The van der Waals surface area contributed by atoms with E-state index < -0.39 is 0 Å². The quantitative estimate of drug-likeness (QED) is 0.908. The molecule has 0 aliphatic heterocycles. The Labute approximate surface area is 119 Å². The second-order valence-corrected chi connectivity index (χ2v) is 6.64. The highest BCUT2D eigenvalue weighted by atomic mass is 32.1. The zero-order valence-electron chi connectivity index (χ0n) is 11.1. The van der Waals surface area contributed by atoms with Crippen LogP contribution in [0.15, 0.2) is 6.20 Å². The third-order valence-electron chi connectivity index (χ3n) is 2.56. The molecule has 3 N–H and O–H groups in total. The molecule has 19 heavy (non-hydrogen) atoms. The lowest BCUT2D eigenvalue weighted by Crippen LogP contribution is -2.21. The van der Waals surface area contributed by atoms with Crippen LogP contribution in [0.3, 0.4) is 0 Å². The molecule has 5 nitrogen and oxygen atoms in total. The highest BCUT2D eigenvalue weighted by Gasteiger charge is 2.13. The molecule has 0 aliphatic rings. The maximum Gasteiger partial charge on any atom is 0.263 e. The largest absolute Gasteiger partial charge is 0.375 e. The second-order valence-electron chi connectivity index (χ2n) is 4.46. The normalized spacial score (nSPS) is 10.9. The van der Waals surface area contributed by atoms with Gasteiger partial charge < -0.3 is 11.1 Å². The number of hydrogen-bond acceptors (Lipinski definition) is 6. The Bertz CT molecular complexity index is 588. The molecule has 2 aromatic rings. The number of anilines is 1. The van der Waals surface area contributed by atoms with E-state index >= 15 is 0 Å². The first-order chi connectivity index (χ1) is 8.97. The Hall–Kier alpha value is -1.47. The van der Waals surface area contributed by atoms with Crippen molar-refractivity contribution in [2.24, 2.45) is 0 Å². The van der Waals surface area contributed by atoms with Crippen LogP contribution in [0.1, 0.15) is 45.0 Å². The fourth-order valence-corrected chi connectivity index (χ4v) is 3.11. The van der Waals surface area contributed by atoms with Crippen LogP contribution in [0.25, 0.3) is 0 Å². The first-order valence-electron chi connectivity index (χ1n) is 5.93. The zero-order chi connectivity index (χ0) is 14.0. The average molecular weight is 296 g/mol. The summed E-state index contributed by atoms with van der Waals surface area (Å²) in [6.07, 6.45) is 1.49. The van der Waals surface area contributed by atoms with Crippen LogP contribution in [-0.4, -0.2) is 15.9 Å². The van der Waals surface area contributed by atoms with Crippen molar-refractivity contribution >= 4 is 33.7 Å². The molecular formula is C12H16N4OS2. The third-order valence-corrected chi connectivity index (χ3v) is 4.84. The van der Waals surface area contributed by atoms with Crippen LogP contribution >= 0.6 is 22.7 Å². The fourth-order valence-electron chi connectivity index (χ4n) is 1.50. The molecule has 0 aromatic carbocycles. The molecule has 0 radical (unpaired) electrons. The van der Waals surface area contributed by atoms with Gasteiger partial charge in [0.1, 0.15) is 4.88 Å². The molecular weight excluding hydrogens is 280 g/mol. The van der Waals surface area contributed by atoms with E-state index in [4.69, 9.17) is 5.73 Å². The Morgan fingerprint density at radius 1 is 1.47 bits per heavy atom. The van der Waals surface area contributed by atoms with Gasteiger partial charge in [0.05, 0.1) is 23.4 Å². The molecule has 0 fully saturated rings. The lowest BCUT2D eigenvalue weighted by molar-refractivity contribution is 0.0955. The van der Waals surface area contributed by atoms with Crippen molar-refractivity contribution in [1.82, 2.24) is 15.3 Å². The summed E-state index contributed by atoms with van der Waals surface area (Å²) in [5.74, 6) is 0.266. The second kappa shape index (κ2) is 5.66. The summed E-state index contributed by atoms with van der Waals surface area (Å²) in [6.45, 7) is 6.68. The van der Waals surface area contributed by atoms with Crippen molar-refractivity contribution < 1.29 is 4.79 Å². The number of carbonyl (C=O) groups excluding carboxylic acids is 1. The van der Waals surface area contributed by atoms with E-state index in [-0.39, 0.29) is 5.91 Å². The number of amides is 1. The molecule has 0 saturated heterocycles. The minimum absolute atomic E-state index is 0.145. The summed E-state index contributed by atoms with van der Waals surface area (Å²) < 4.78 is 0. The lowest BCUT2D eigenvalue weighted by atomic mass is 10.2. The Kier molecular flexibility index (Phi) is 4.16. The molecule has 0 spiro atoms. The SMILES string of the molecule is Cc1nc(C(C)C)sc1CNC(=O)c1cnc(N)s1. The van der Waals surface area contributed by atoms with Gasteiger partial charge in [0.15, 0.2) is 5.13 Å². The predicted molar refractivity (Wildman–Crippen MR) is 78.6 cm³/mol. The number of carbonyl (C=O) groups is 1. The first-order valence-corrected chi connectivity index (χ1v) is 7.56. The standard InChI is InChI=1S/C12H16N4OS2/c1-6(2)11-16-7(3)8(18-11)4-14-10(17)9-5-15-12(13)19-9/h5-6H,4H2,1-3H3,(H2,13,15)(H,14,17). The van der Waals surface area contributed by atoms with Gasteiger partial charge in [0, 0.05) is 10.8 Å². The Morgan fingerprint density at radius 2 is 2.21 bits per heavy atom. The average Bonchev–Trinajstić information content (AvgIpc) is 2.93. The van der Waals surface area contributed by atoms with E-state index in [1.54, 1.807) is 11.3 Å². The van der Waals surface area contributed by atoms with E-state index in [2.05, 4.69) is 29.1 Å². The van der Waals surface area contributed by atoms with Gasteiger partial charge in [-0.25, -0.2) is 9.97 Å². The number of rotatable bonds is 4. The minimum atomic E-state index is -0.145. The number of hydrogen-bond donors (Lipinski definition) is 2. The molecule has 0 bridgehead atoms. The van der Waals surface area contributed by atoms with E-state index in [1.807, 2.05) is 6.92 Å². The minimum Gasteiger partial charge on any atom is -0.375 e. The Balaban J connectivity index is 2.01. The summed E-state index contributed by atoms with van der Waals surface area (Å²) in [5.41, 5.74) is 6.49. The predicted octanol–water partition coefficient (Wildman–Crippen LogP) is 2.54. The highest BCUT2D eigenvalue weighted by molar-refractivity contribution is 7.17. The molecule has 0 unspecified atom stereocenters. The number of nitrogens with zero attached hydrogens (tertiary/aromatic N) is 2. The van der Waals surface area contributed by atoms with E-state index in [1.165, 1.54) is 17.5 Å². The molecule has 0 aliphatic carbocycles. The molecule has 2 aromatic heterocycles. The molecule has 7 heteroatoms. The zero-order valence-corrected chi connectivity index (χ0v) is 12.7. The smallest absolute Gasteiger partial charge is 0.263 e. The maximum atomic E-state index is 11.9. The van der Waals surface area contributed by atoms with Gasteiger partial charge in [0.25, 0.3) is 5.91 Å². The number of thiazole rings is 2. The van der Waals surface area contributed by atoms with Crippen molar-refractivity contribution in [2.75, 3.05) is 5.73 Å². The van der Waals surface area contributed by atoms with Crippen molar-refractivity contribution in [1.29, 1.82) is 0 Å². The number of aromatic nitrogens is 2. The van der Waals surface area contributed by atoms with Crippen LogP contribution in [0.2, 0.25) is 0 Å². The van der Waals surface area contributed by atoms with Crippen LogP contribution in [0, 0.1) is 6.92 Å². The molecule has 2 heterocycles. The van der Waals surface area contributed by atoms with Crippen molar-refractivity contribution in [3.63, 3.8) is 0 Å². The van der Waals surface area contributed by atoms with Crippen LogP contribution < -0.4 is 11.1 Å². The van der Waals surface area contributed by atoms with Gasteiger partial charge in [-0.05, 0) is 6.92 Å². The van der Waals surface area contributed by atoms with Gasteiger partial charge in [0.2, 0.25) is 0 Å². The Morgan fingerprint density at radius 3 is 2.74 bits per heavy atom. The fraction of sp³-hybridized carbons (Fsp3) is 0.417. The van der Waals surface area contributed by atoms with Gasteiger partial charge >= 0.3 is 0 Å².